The molecule has 0 unspecified atom stereocenters. The molecule has 0 amide bonds. The molecule has 3 aromatic rings. The Hall–Kier alpha value is -1.33. The Labute approximate surface area is 165 Å². The number of nitrogens with zero attached hydrogens (tertiary/aromatic N) is 4. The van der Waals surface area contributed by atoms with Crippen molar-refractivity contribution in [3.05, 3.63) is 38.0 Å². The van der Waals surface area contributed by atoms with Crippen molar-refractivity contribution in [2.75, 3.05) is 11.8 Å². The van der Waals surface area contributed by atoms with Gasteiger partial charge in [-0.05, 0) is 39.7 Å². The number of fused-ring (bicyclic) bond motifs is 1. The number of para-hydroxylation sites is 1. The molecule has 0 aliphatic carbocycles. The van der Waals surface area contributed by atoms with Crippen molar-refractivity contribution in [2.24, 2.45) is 0 Å². The second-order valence-corrected chi connectivity index (χ2v) is 8.06. The quantitative estimate of drug-likeness (QED) is 0.564. The average molecular weight is 488 g/mol. The molecular formula is C12H7BrCl3N5O3S. The smallest absolute Gasteiger partial charge is 0.299 e. The molecule has 0 saturated carbocycles. The monoisotopic (exact) mass is 485 g/mol. The maximum absolute atomic E-state index is 12.6. The molecular weight excluding hydrogens is 480 g/mol. The third-order valence-electron chi connectivity index (χ3n) is 2.97. The number of nitrogens with one attached hydrogen (secondary N) is 1. The number of hydrogen-bond donors (Lipinski definition) is 1. The lowest BCUT2D eigenvalue weighted by Gasteiger charge is -2.08. The lowest BCUT2D eigenvalue weighted by Crippen LogP contribution is -2.15. The Kier molecular flexibility index (Phi) is 5.00. The van der Waals surface area contributed by atoms with Crippen molar-refractivity contribution in [1.82, 2.24) is 19.6 Å². The molecule has 25 heavy (non-hydrogen) atoms. The molecule has 132 valence electrons. The minimum absolute atomic E-state index is 0.0190. The second-order valence-electron chi connectivity index (χ2n) is 4.54. The van der Waals surface area contributed by atoms with Gasteiger partial charge in [-0.3, -0.25) is 4.72 Å². The van der Waals surface area contributed by atoms with E-state index in [9.17, 15) is 8.42 Å². The minimum atomic E-state index is -4.18. The number of methoxy groups -OCH3 is 1. The molecule has 2 aromatic heterocycles. The highest BCUT2D eigenvalue weighted by molar-refractivity contribution is 9.10. The van der Waals surface area contributed by atoms with Gasteiger partial charge in [-0.15, -0.1) is 5.10 Å². The van der Waals surface area contributed by atoms with E-state index in [4.69, 9.17) is 39.5 Å². The summed E-state index contributed by atoms with van der Waals surface area (Å²) in [4.78, 5) is 7.90. The van der Waals surface area contributed by atoms with Gasteiger partial charge in [0.15, 0.2) is 5.65 Å². The van der Waals surface area contributed by atoms with Crippen LogP contribution in [0.4, 0.5) is 5.69 Å². The number of ether oxygens (including phenoxy) is 1. The van der Waals surface area contributed by atoms with Crippen LogP contribution in [0.2, 0.25) is 15.3 Å². The zero-order valence-electron chi connectivity index (χ0n) is 12.2. The van der Waals surface area contributed by atoms with Gasteiger partial charge in [0, 0.05) is 0 Å². The van der Waals surface area contributed by atoms with Gasteiger partial charge in [-0.25, -0.2) is 0 Å². The molecule has 0 spiro atoms. The van der Waals surface area contributed by atoms with Crippen LogP contribution >= 0.6 is 50.7 Å². The van der Waals surface area contributed by atoms with Crippen molar-refractivity contribution >= 4 is 72.1 Å². The van der Waals surface area contributed by atoms with Crippen LogP contribution in [-0.2, 0) is 10.0 Å². The molecule has 2 heterocycles. The molecule has 8 nitrogen and oxygen atoms in total. The minimum Gasteiger partial charge on any atom is -0.480 e. The summed E-state index contributed by atoms with van der Waals surface area (Å²) >= 11 is 21.2. The number of aromatic nitrogens is 4. The standard InChI is InChI=1S/C12H7BrCl3N5O3S/c1-24-10-7(13)9-17-12(19-21(9)11(16)18-10)25(22,23)20-8-5(14)3-2-4-6(8)15/h2-4,20H,1H3. The van der Waals surface area contributed by atoms with E-state index < -0.39 is 15.2 Å². The van der Waals surface area contributed by atoms with Crippen LogP contribution in [-0.4, -0.2) is 35.1 Å². The van der Waals surface area contributed by atoms with Crippen LogP contribution in [0.3, 0.4) is 0 Å². The molecule has 3 rings (SSSR count). The lowest BCUT2D eigenvalue weighted by atomic mass is 10.3. The van der Waals surface area contributed by atoms with Crippen LogP contribution in [0.5, 0.6) is 5.88 Å². The summed E-state index contributed by atoms with van der Waals surface area (Å²) in [6.45, 7) is 0. The number of sulfonamides is 1. The van der Waals surface area contributed by atoms with Gasteiger partial charge in [-0.1, -0.05) is 29.3 Å². The van der Waals surface area contributed by atoms with E-state index in [1.807, 2.05) is 0 Å². The molecule has 1 N–H and O–H groups in total. The Morgan fingerprint density at radius 3 is 2.44 bits per heavy atom. The fourth-order valence-corrected chi connectivity index (χ4v) is 4.15. The number of hydrogen-bond acceptors (Lipinski definition) is 6. The largest absolute Gasteiger partial charge is 0.480 e. The highest BCUT2D eigenvalue weighted by Gasteiger charge is 2.25. The summed E-state index contributed by atoms with van der Waals surface area (Å²) in [5.41, 5.74) is 0.132. The molecule has 0 bridgehead atoms. The first-order valence-corrected chi connectivity index (χ1v) is 9.78. The van der Waals surface area contributed by atoms with Gasteiger partial charge in [0.25, 0.3) is 15.2 Å². The molecule has 13 heteroatoms. The normalized spacial score (nSPS) is 11.7. The summed E-state index contributed by atoms with van der Waals surface area (Å²) in [5.74, 6) is 0.135. The molecule has 0 saturated heterocycles. The zero-order valence-corrected chi connectivity index (χ0v) is 16.8. The highest BCUT2D eigenvalue weighted by Crippen LogP contribution is 2.32. The van der Waals surface area contributed by atoms with Gasteiger partial charge in [0.1, 0.15) is 4.47 Å². The van der Waals surface area contributed by atoms with Gasteiger partial charge in [-0.2, -0.15) is 22.9 Å². The number of anilines is 1. The van der Waals surface area contributed by atoms with Crippen molar-refractivity contribution < 1.29 is 13.2 Å². The van der Waals surface area contributed by atoms with Gasteiger partial charge >= 0.3 is 0 Å². The van der Waals surface area contributed by atoms with Gasteiger partial charge in [0.05, 0.1) is 22.8 Å². The van der Waals surface area contributed by atoms with E-state index >= 15 is 0 Å². The zero-order chi connectivity index (χ0) is 18.4. The van der Waals surface area contributed by atoms with Crippen LogP contribution in [0, 0.1) is 0 Å². The Bertz CT molecular complexity index is 1070. The first-order valence-electron chi connectivity index (χ1n) is 6.37. The van der Waals surface area contributed by atoms with E-state index in [-0.39, 0.29) is 32.5 Å². The molecule has 0 atom stereocenters. The molecule has 0 fully saturated rings. The lowest BCUT2D eigenvalue weighted by molar-refractivity contribution is 0.394. The van der Waals surface area contributed by atoms with Gasteiger partial charge < -0.3 is 4.74 Å². The van der Waals surface area contributed by atoms with E-state index in [1.165, 1.54) is 19.2 Å². The van der Waals surface area contributed by atoms with E-state index in [1.54, 1.807) is 6.07 Å². The topological polar surface area (TPSA) is 98.5 Å². The van der Waals surface area contributed by atoms with Crippen LogP contribution in [0.25, 0.3) is 5.65 Å². The Morgan fingerprint density at radius 2 is 1.84 bits per heavy atom. The number of halogens is 4. The summed E-state index contributed by atoms with van der Waals surface area (Å²) in [5, 5.41) is 3.45. The van der Waals surface area contributed by atoms with E-state index in [0.29, 0.717) is 4.47 Å². The Balaban J connectivity index is 2.12. The predicted octanol–water partition coefficient (Wildman–Crippen LogP) is 3.66. The highest BCUT2D eigenvalue weighted by atomic mass is 79.9. The fraction of sp³-hybridized carbons (Fsp3) is 0.0833. The Morgan fingerprint density at radius 1 is 1.20 bits per heavy atom. The van der Waals surface area contributed by atoms with Crippen molar-refractivity contribution in [3.63, 3.8) is 0 Å². The maximum atomic E-state index is 12.6. The van der Waals surface area contributed by atoms with Crippen LogP contribution in [0.15, 0.2) is 27.8 Å². The van der Waals surface area contributed by atoms with Crippen molar-refractivity contribution in [3.8, 4) is 5.88 Å². The first kappa shape index (κ1) is 18.5. The molecule has 0 aliphatic heterocycles. The average Bonchev–Trinajstić information content (AvgIpc) is 3.02. The predicted molar refractivity (Wildman–Crippen MR) is 97.3 cm³/mol. The second kappa shape index (κ2) is 6.76. The summed E-state index contributed by atoms with van der Waals surface area (Å²) in [7, 11) is -2.80. The third kappa shape index (κ3) is 3.36. The molecule has 0 aliphatic rings. The summed E-state index contributed by atoms with van der Waals surface area (Å²) in [6.07, 6.45) is 0. The van der Waals surface area contributed by atoms with Gasteiger partial charge in [0.2, 0.25) is 11.2 Å². The number of rotatable bonds is 4. The maximum Gasteiger partial charge on any atom is 0.299 e. The summed E-state index contributed by atoms with van der Waals surface area (Å²) in [6, 6.07) is 4.57. The van der Waals surface area contributed by atoms with E-state index in [2.05, 4.69) is 35.7 Å². The van der Waals surface area contributed by atoms with Crippen LogP contribution < -0.4 is 9.46 Å². The molecule has 1 aromatic carbocycles. The SMILES string of the molecule is COc1nc(Cl)n2nc(S(=O)(=O)Nc3c(Cl)cccc3Cl)nc2c1Br. The third-order valence-corrected chi connectivity index (χ3v) is 5.67. The fourth-order valence-electron chi connectivity index (χ4n) is 1.86. The van der Waals surface area contributed by atoms with Crippen molar-refractivity contribution in [2.45, 2.75) is 5.16 Å². The van der Waals surface area contributed by atoms with E-state index in [0.717, 1.165) is 4.52 Å². The summed E-state index contributed by atoms with van der Waals surface area (Å²) < 4.78 is 33.8. The first-order chi connectivity index (χ1) is 11.7. The molecule has 0 radical (unpaired) electrons. The van der Waals surface area contributed by atoms with Crippen LogP contribution in [0.1, 0.15) is 0 Å². The number of benzene rings is 1. The van der Waals surface area contributed by atoms with Crippen molar-refractivity contribution in [1.29, 1.82) is 0 Å².